The second-order valence-corrected chi connectivity index (χ2v) is 13.3. The normalized spacial score (nSPS) is 20.7. The SMILES string of the molecule is CN(C)C(=O)c1cc2n(n1)CCCN(c1nc(S(C)(=O)=O)nc3c1COC1(COCc4ccc(Br)cc41)C3)C2. The largest absolute Gasteiger partial charge is 0.373 e. The van der Waals surface area contributed by atoms with Gasteiger partial charge in [0.2, 0.25) is 15.0 Å². The minimum absolute atomic E-state index is 0.166. The zero-order valence-electron chi connectivity index (χ0n) is 22.0. The molecule has 206 valence electrons. The van der Waals surface area contributed by atoms with E-state index >= 15 is 0 Å². The Morgan fingerprint density at radius 3 is 2.74 bits per heavy atom. The molecule has 0 fully saturated rings. The lowest BCUT2D eigenvalue weighted by Crippen LogP contribution is -2.44. The van der Waals surface area contributed by atoms with Gasteiger partial charge in [-0.1, -0.05) is 22.0 Å². The number of sulfone groups is 1. The van der Waals surface area contributed by atoms with Crippen LogP contribution in [0.2, 0.25) is 0 Å². The third-order valence-corrected chi connectivity index (χ3v) is 8.76. The van der Waals surface area contributed by atoms with Gasteiger partial charge in [0.15, 0.2) is 5.69 Å². The van der Waals surface area contributed by atoms with Crippen LogP contribution in [0.15, 0.2) is 33.9 Å². The van der Waals surface area contributed by atoms with Crippen LogP contribution >= 0.6 is 15.9 Å². The van der Waals surface area contributed by atoms with Gasteiger partial charge in [-0.25, -0.2) is 18.4 Å². The Bertz CT molecular complexity index is 1590. The van der Waals surface area contributed by atoms with Crippen LogP contribution < -0.4 is 4.90 Å². The molecule has 13 heteroatoms. The molecule has 3 aliphatic rings. The van der Waals surface area contributed by atoms with Crippen molar-refractivity contribution in [2.45, 2.75) is 49.9 Å². The highest BCUT2D eigenvalue weighted by Crippen LogP contribution is 2.43. The summed E-state index contributed by atoms with van der Waals surface area (Å²) < 4.78 is 40.7. The van der Waals surface area contributed by atoms with Gasteiger partial charge in [-0.3, -0.25) is 9.48 Å². The van der Waals surface area contributed by atoms with Crippen molar-refractivity contribution in [2.75, 3.05) is 38.4 Å². The molecule has 1 amide bonds. The molecule has 0 saturated carbocycles. The third-order valence-electron chi connectivity index (χ3n) is 7.42. The lowest BCUT2D eigenvalue weighted by Gasteiger charge is -2.42. The number of carbonyl (C=O) groups excluding carboxylic acids is 1. The summed E-state index contributed by atoms with van der Waals surface area (Å²) in [4.78, 5) is 25.2. The number of aromatic nitrogens is 4. The van der Waals surface area contributed by atoms with Gasteiger partial charge in [0.1, 0.15) is 11.4 Å². The number of carbonyl (C=O) groups is 1. The Hall–Kier alpha value is -2.87. The summed E-state index contributed by atoms with van der Waals surface area (Å²) in [5.74, 6) is 0.373. The zero-order chi connectivity index (χ0) is 27.5. The standard InChI is InChI=1S/C26H29BrN6O5S/c1-31(2)24(34)21-10-18-12-32(7-4-8-33(18)30-21)23-19-14-38-26(11-22(19)28-25(29-23)39(3,35)36)15-37-13-16-5-6-17(27)9-20(16)26/h5-6,9-10H,4,7-8,11-15H2,1-3H3. The Morgan fingerprint density at radius 2 is 1.97 bits per heavy atom. The van der Waals surface area contributed by atoms with Crippen molar-refractivity contribution in [1.82, 2.24) is 24.6 Å². The molecule has 5 heterocycles. The second-order valence-electron chi connectivity index (χ2n) is 10.5. The van der Waals surface area contributed by atoms with Gasteiger partial charge in [-0.05, 0) is 35.7 Å². The van der Waals surface area contributed by atoms with E-state index in [-0.39, 0.29) is 17.7 Å². The Balaban J connectivity index is 1.42. The van der Waals surface area contributed by atoms with Crippen LogP contribution in [0.4, 0.5) is 5.82 Å². The molecule has 11 nitrogen and oxygen atoms in total. The summed E-state index contributed by atoms with van der Waals surface area (Å²) >= 11 is 3.57. The number of aryl methyl sites for hydroxylation is 1. The number of anilines is 1. The quantitative estimate of drug-likeness (QED) is 0.409. The first-order valence-electron chi connectivity index (χ1n) is 12.7. The number of ether oxygens (including phenoxy) is 2. The van der Waals surface area contributed by atoms with E-state index in [1.54, 1.807) is 20.2 Å². The van der Waals surface area contributed by atoms with Crippen LogP contribution in [0.1, 0.15) is 45.0 Å². The minimum Gasteiger partial charge on any atom is -0.373 e. The first kappa shape index (κ1) is 26.4. The minimum atomic E-state index is -3.69. The van der Waals surface area contributed by atoms with Crippen LogP contribution in [0.5, 0.6) is 0 Å². The third kappa shape index (κ3) is 4.75. The Morgan fingerprint density at radius 1 is 1.15 bits per heavy atom. The monoisotopic (exact) mass is 616 g/mol. The Labute approximate surface area is 235 Å². The number of benzene rings is 1. The predicted molar refractivity (Wildman–Crippen MR) is 145 cm³/mol. The first-order valence-corrected chi connectivity index (χ1v) is 15.4. The fraction of sp³-hybridized carbons (Fsp3) is 0.462. The topological polar surface area (TPSA) is 120 Å². The van der Waals surface area contributed by atoms with E-state index in [2.05, 4.69) is 31.0 Å². The maximum absolute atomic E-state index is 12.7. The molecule has 1 unspecified atom stereocenters. The van der Waals surface area contributed by atoms with Gasteiger partial charge in [0.25, 0.3) is 5.91 Å². The molecule has 0 aliphatic carbocycles. The molecule has 0 radical (unpaired) electrons. The highest BCUT2D eigenvalue weighted by atomic mass is 79.9. The molecule has 0 N–H and O–H groups in total. The number of nitrogens with zero attached hydrogens (tertiary/aromatic N) is 6. The number of rotatable bonds is 3. The van der Waals surface area contributed by atoms with E-state index in [0.29, 0.717) is 56.5 Å². The number of fused-ring (bicyclic) bond motifs is 4. The number of halogens is 1. The molecule has 0 bridgehead atoms. The lowest BCUT2D eigenvalue weighted by molar-refractivity contribution is -0.136. The summed E-state index contributed by atoms with van der Waals surface area (Å²) in [5.41, 5.74) is 3.94. The molecule has 3 aliphatic heterocycles. The fourth-order valence-corrected chi connectivity index (χ4v) is 6.38. The molecule has 6 rings (SSSR count). The van der Waals surface area contributed by atoms with Gasteiger partial charge in [-0.2, -0.15) is 5.10 Å². The van der Waals surface area contributed by atoms with Crippen LogP contribution in [0.25, 0.3) is 0 Å². The van der Waals surface area contributed by atoms with Gasteiger partial charge in [0.05, 0.1) is 37.8 Å². The van der Waals surface area contributed by atoms with Crippen molar-refractivity contribution in [1.29, 1.82) is 0 Å². The van der Waals surface area contributed by atoms with Crippen molar-refractivity contribution >= 4 is 37.5 Å². The van der Waals surface area contributed by atoms with Gasteiger partial charge < -0.3 is 19.3 Å². The van der Waals surface area contributed by atoms with Crippen molar-refractivity contribution < 1.29 is 22.7 Å². The van der Waals surface area contributed by atoms with Crippen molar-refractivity contribution in [3.05, 3.63) is 62.5 Å². The van der Waals surface area contributed by atoms with Gasteiger partial charge in [-0.15, -0.1) is 0 Å². The van der Waals surface area contributed by atoms with Crippen LogP contribution in [0, 0.1) is 0 Å². The average molecular weight is 618 g/mol. The highest BCUT2D eigenvalue weighted by molar-refractivity contribution is 9.10. The summed E-state index contributed by atoms with van der Waals surface area (Å²) in [6.07, 6.45) is 2.23. The predicted octanol–water partition coefficient (Wildman–Crippen LogP) is 2.45. The van der Waals surface area contributed by atoms with Crippen molar-refractivity contribution in [3.63, 3.8) is 0 Å². The maximum atomic E-state index is 12.7. The van der Waals surface area contributed by atoms with E-state index in [1.165, 1.54) is 4.90 Å². The average Bonchev–Trinajstić information content (AvgIpc) is 3.18. The Kier molecular flexibility index (Phi) is 6.52. The summed E-state index contributed by atoms with van der Waals surface area (Å²) in [6.45, 7) is 2.74. The molecule has 39 heavy (non-hydrogen) atoms. The van der Waals surface area contributed by atoms with Crippen LogP contribution in [-0.4, -0.2) is 72.5 Å². The van der Waals surface area contributed by atoms with Gasteiger partial charge in [0, 0.05) is 49.9 Å². The second kappa shape index (κ2) is 9.65. The first-order chi connectivity index (χ1) is 18.5. The summed E-state index contributed by atoms with van der Waals surface area (Å²) in [7, 11) is -0.300. The van der Waals surface area contributed by atoms with E-state index in [1.807, 2.05) is 27.8 Å². The number of hydrogen-bond donors (Lipinski definition) is 0. The number of hydrogen-bond acceptors (Lipinski definition) is 9. The lowest BCUT2D eigenvalue weighted by atomic mass is 9.82. The van der Waals surface area contributed by atoms with Crippen LogP contribution in [-0.2, 0) is 57.6 Å². The van der Waals surface area contributed by atoms with E-state index in [9.17, 15) is 13.2 Å². The molecular formula is C26H29BrN6O5S. The van der Waals surface area contributed by atoms with E-state index in [4.69, 9.17) is 9.47 Å². The molecular weight excluding hydrogens is 588 g/mol. The fourth-order valence-electron chi connectivity index (χ4n) is 5.49. The number of amides is 1. The van der Waals surface area contributed by atoms with E-state index < -0.39 is 15.4 Å². The molecule has 0 saturated heterocycles. The molecule has 1 atom stereocenters. The molecule has 3 aromatic rings. The maximum Gasteiger partial charge on any atom is 0.273 e. The van der Waals surface area contributed by atoms with Crippen molar-refractivity contribution in [3.8, 4) is 0 Å². The van der Waals surface area contributed by atoms with Crippen molar-refractivity contribution in [2.24, 2.45) is 0 Å². The molecule has 1 aromatic carbocycles. The van der Waals surface area contributed by atoms with Crippen LogP contribution in [0.3, 0.4) is 0 Å². The zero-order valence-corrected chi connectivity index (χ0v) is 24.4. The summed E-state index contributed by atoms with van der Waals surface area (Å²) in [6, 6.07) is 7.83. The highest BCUT2D eigenvalue weighted by Gasteiger charge is 2.44. The molecule has 2 aromatic heterocycles. The van der Waals surface area contributed by atoms with E-state index in [0.717, 1.165) is 39.5 Å². The van der Waals surface area contributed by atoms with Gasteiger partial charge >= 0.3 is 0 Å². The smallest absolute Gasteiger partial charge is 0.273 e. The molecule has 1 spiro atoms. The summed E-state index contributed by atoms with van der Waals surface area (Å²) in [5, 5.41) is 4.31.